The van der Waals surface area contributed by atoms with E-state index in [0.29, 0.717) is 40.8 Å². The summed E-state index contributed by atoms with van der Waals surface area (Å²) in [5, 5.41) is 8.81. The normalized spacial score (nSPS) is 12.4. The molecule has 3 aromatic heterocycles. The second-order valence-electron chi connectivity index (χ2n) is 6.83. The summed E-state index contributed by atoms with van der Waals surface area (Å²) in [6.45, 7) is 4.71. The van der Waals surface area contributed by atoms with E-state index in [2.05, 4.69) is 25.4 Å². The van der Waals surface area contributed by atoms with Crippen molar-refractivity contribution in [3.63, 3.8) is 0 Å². The molecule has 1 atom stereocenters. The fourth-order valence-electron chi connectivity index (χ4n) is 3.15. The molecule has 2 N–H and O–H groups in total. The Morgan fingerprint density at radius 2 is 2.23 bits per heavy atom. The number of rotatable bonds is 6. The SMILES string of the molecule is CCOC[C@H](C)NC(=O)Oc1c[nH]c2ncc(-c3nn(C)c4cc(Cl)ccc34)nc12. The van der Waals surface area contributed by atoms with Crippen LogP contribution in [0.15, 0.2) is 30.6 Å². The summed E-state index contributed by atoms with van der Waals surface area (Å²) in [4.78, 5) is 24.2. The number of carbonyl (C=O) groups excluding carboxylic acids is 1. The zero-order valence-corrected chi connectivity index (χ0v) is 17.5. The molecule has 0 aliphatic carbocycles. The van der Waals surface area contributed by atoms with Gasteiger partial charge in [0.25, 0.3) is 0 Å². The van der Waals surface area contributed by atoms with E-state index >= 15 is 0 Å². The van der Waals surface area contributed by atoms with E-state index < -0.39 is 6.09 Å². The van der Waals surface area contributed by atoms with E-state index in [1.807, 2.05) is 33.0 Å². The molecule has 0 aliphatic rings. The van der Waals surface area contributed by atoms with Crippen molar-refractivity contribution in [1.29, 1.82) is 0 Å². The highest BCUT2D eigenvalue weighted by atomic mass is 35.5. The van der Waals surface area contributed by atoms with Gasteiger partial charge in [-0.05, 0) is 32.0 Å². The first-order valence-corrected chi connectivity index (χ1v) is 9.87. The van der Waals surface area contributed by atoms with Gasteiger partial charge in [-0.2, -0.15) is 5.10 Å². The van der Waals surface area contributed by atoms with E-state index in [0.717, 1.165) is 10.9 Å². The van der Waals surface area contributed by atoms with Crippen LogP contribution in [-0.4, -0.2) is 50.1 Å². The third kappa shape index (κ3) is 3.94. The lowest BCUT2D eigenvalue weighted by atomic mass is 10.2. The minimum Gasteiger partial charge on any atom is -0.406 e. The fourth-order valence-corrected chi connectivity index (χ4v) is 3.31. The van der Waals surface area contributed by atoms with Crippen molar-refractivity contribution in [3.05, 3.63) is 35.6 Å². The van der Waals surface area contributed by atoms with Crippen molar-refractivity contribution in [2.24, 2.45) is 7.05 Å². The number of nitrogens with zero attached hydrogens (tertiary/aromatic N) is 4. The number of nitrogens with one attached hydrogen (secondary N) is 2. The van der Waals surface area contributed by atoms with Crippen LogP contribution in [0, 0.1) is 0 Å². The van der Waals surface area contributed by atoms with Gasteiger partial charge < -0.3 is 19.8 Å². The number of benzene rings is 1. The summed E-state index contributed by atoms with van der Waals surface area (Å²) in [5.74, 6) is 0.281. The maximum Gasteiger partial charge on any atom is 0.413 e. The molecule has 0 saturated heterocycles. The maximum absolute atomic E-state index is 12.2. The molecule has 0 fully saturated rings. The average Bonchev–Trinajstić information content (AvgIpc) is 3.27. The van der Waals surface area contributed by atoms with Crippen LogP contribution >= 0.6 is 11.6 Å². The first kappa shape index (κ1) is 20.1. The third-order valence-corrected chi connectivity index (χ3v) is 4.78. The number of ether oxygens (including phenoxy) is 2. The summed E-state index contributed by atoms with van der Waals surface area (Å²) in [6, 6.07) is 5.36. The van der Waals surface area contributed by atoms with Gasteiger partial charge in [0.1, 0.15) is 11.4 Å². The number of carbonyl (C=O) groups is 1. The lowest BCUT2D eigenvalue weighted by Gasteiger charge is -2.13. The van der Waals surface area contributed by atoms with E-state index in [9.17, 15) is 4.79 Å². The van der Waals surface area contributed by atoms with Gasteiger partial charge in [0.2, 0.25) is 0 Å². The molecule has 156 valence electrons. The van der Waals surface area contributed by atoms with Gasteiger partial charge >= 0.3 is 6.09 Å². The summed E-state index contributed by atoms with van der Waals surface area (Å²) >= 11 is 6.11. The van der Waals surface area contributed by atoms with E-state index in [1.54, 1.807) is 23.1 Å². The Morgan fingerprint density at radius 3 is 3.03 bits per heavy atom. The summed E-state index contributed by atoms with van der Waals surface area (Å²) in [7, 11) is 1.84. The highest BCUT2D eigenvalue weighted by molar-refractivity contribution is 6.31. The fraction of sp³-hybridized carbons (Fsp3) is 0.300. The number of amides is 1. The predicted octanol–water partition coefficient (Wildman–Crippen LogP) is 3.68. The minimum absolute atomic E-state index is 0.184. The zero-order chi connectivity index (χ0) is 21.3. The molecule has 0 unspecified atom stereocenters. The van der Waals surface area contributed by atoms with Gasteiger partial charge in [0, 0.05) is 30.3 Å². The topological polar surface area (TPSA) is 107 Å². The van der Waals surface area contributed by atoms with Crippen molar-refractivity contribution >= 4 is 39.8 Å². The molecule has 0 bridgehead atoms. The summed E-state index contributed by atoms with van der Waals surface area (Å²) < 4.78 is 12.5. The van der Waals surface area contributed by atoms with Crippen LogP contribution in [-0.2, 0) is 11.8 Å². The highest BCUT2D eigenvalue weighted by Gasteiger charge is 2.18. The lowest BCUT2D eigenvalue weighted by molar-refractivity contribution is 0.124. The van der Waals surface area contributed by atoms with Gasteiger partial charge in [-0.15, -0.1) is 0 Å². The standard InChI is InChI=1S/C20H21ClN6O3/c1-4-29-10-11(2)24-20(28)30-16-9-23-19-18(16)25-14(8-22-19)17-13-6-5-12(21)7-15(13)27(3)26-17/h5-9,11H,4,10H2,1-3H3,(H,22,23)(H,24,28)/t11-/m0/s1. The van der Waals surface area contributed by atoms with Crippen molar-refractivity contribution in [3.8, 4) is 17.1 Å². The van der Waals surface area contributed by atoms with Gasteiger partial charge in [-0.25, -0.2) is 14.8 Å². The van der Waals surface area contributed by atoms with Crippen molar-refractivity contribution < 1.29 is 14.3 Å². The highest BCUT2D eigenvalue weighted by Crippen LogP contribution is 2.30. The Hall–Kier alpha value is -3.17. The van der Waals surface area contributed by atoms with Crippen LogP contribution in [0.25, 0.3) is 33.5 Å². The van der Waals surface area contributed by atoms with Crippen LogP contribution in [0.4, 0.5) is 4.79 Å². The van der Waals surface area contributed by atoms with Gasteiger partial charge in [0.15, 0.2) is 16.9 Å². The summed E-state index contributed by atoms with van der Waals surface area (Å²) in [6.07, 6.45) is 2.59. The van der Waals surface area contributed by atoms with Crippen LogP contribution in [0.2, 0.25) is 5.02 Å². The Morgan fingerprint density at radius 1 is 1.40 bits per heavy atom. The monoisotopic (exact) mass is 428 g/mol. The largest absolute Gasteiger partial charge is 0.413 e. The number of halogens is 1. The molecule has 30 heavy (non-hydrogen) atoms. The Balaban J connectivity index is 1.63. The van der Waals surface area contributed by atoms with Crippen LogP contribution in [0.3, 0.4) is 0 Å². The molecule has 0 radical (unpaired) electrons. The van der Waals surface area contributed by atoms with Gasteiger partial charge in [-0.3, -0.25) is 4.68 Å². The van der Waals surface area contributed by atoms with E-state index in [1.165, 1.54) is 0 Å². The van der Waals surface area contributed by atoms with Gasteiger partial charge in [0.05, 0.1) is 24.4 Å². The van der Waals surface area contributed by atoms with Crippen LogP contribution < -0.4 is 10.1 Å². The molecule has 0 saturated carbocycles. The zero-order valence-electron chi connectivity index (χ0n) is 16.8. The Kier molecular flexibility index (Phi) is 5.56. The van der Waals surface area contributed by atoms with E-state index in [-0.39, 0.29) is 11.8 Å². The number of fused-ring (bicyclic) bond motifs is 2. The average molecular weight is 429 g/mol. The van der Waals surface area contributed by atoms with Crippen LogP contribution in [0.1, 0.15) is 13.8 Å². The van der Waals surface area contributed by atoms with Crippen LogP contribution in [0.5, 0.6) is 5.75 Å². The molecular formula is C20H21ClN6O3. The predicted molar refractivity (Wildman–Crippen MR) is 114 cm³/mol. The smallest absolute Gasteiger partial charge is 0.406 e. The molecule has 10 heteroatoms. The summed E-state index contributed by atoms with van der Waals surface area (Å²) in [5.41, 5.74) is 3.05. The Labute approximate surface area is 177 Å². The number of aromatic amines is 1. The number of aryl methyl sites for hydroxylation is 1. The van der Waals surface area contributed by atoms with Gasteiger partial charge in [-0.1, -0.05) is 11.6 Å². The first-order valence-electron chi connectivity index (χ1n) is 9.49. The third-order valence-electron chi connectivity index (χ3n) is 4.54. The second-order valence-corrected chi connectivity index (χ2v) is 7.27. The first-order chi connectivity index (χ1) is 14.5. The quantitative estimate of drug-likeness (QED) is 0.485. The molecule has 4 rings (SSSR count). The molecule has 4 aromatic rings. The Bertz CT molecular complexity index is 1220. The molecule has 1 aromatic carbocycles. The van der Waals surface area contributed by atoms with Crippen molar-refractivity contribution in [1.82, 2.24) is 30.0 Å². The molecule has 9 nitrogen and oxygen atoms in total. The molecule has 0 aliphatic heterocycles. The number of aromatic nitrogens is 5. The molecule has 0 spiro atoms. The van der Waals surface area contributed by atoms with Crippen molar-refractivity contribution in [2.45, 2.75) is 19.9 Å². The number of hydrogen-bond acceptors (Lipinski definition) is 6. The molecule has 1 amide bonds. The number of H-pyrrole nitrogens is 1. The van der Waals surface area contributed by atoms with E-state index in [4.69, 9.17) is 21.1 Å². The lowest BCUT2D eigenvalue weighted by Crippen LogP contribution is -2.37. The second kappa shape index (κ2) is 8.29. The number of hydrogen-bond donors (Lipinski definition) is 2. The molecule has 3 heterocycles. The van der Waals surface area contributed by atoms with Crippen molar-refractivity contribution in [2.75, 3.05) is 13.2 Å². The minimum atomic E-state index is -0.590. The molecular weight excluding hydrogens is 408 g/mol. The maximum atomic E-state index is 12.2.